The predicted octanol–water partition coefficient (Wildman–Crippen LogP) is 5.73. The molecule has 1 amide bonds. The minimum Gasteiger partial charge on any atom is -0.490 e. The molecule has 1 saturated heterocycles. The topological polar surface area (TPSA) is 80.4 Å². The van der Waals surface area contributed by atoms with Gasteiger partial charge < -0.3 is 4.74 Å². The number of nitriles is 1. The zero-order valence-electron chi connectivity index (χ0n) is 21.5. The van der Waals surface area contributed by atoms with Gasteiger partial charge in [-0.05, 0) is 87.4 Å². The Hall–Kier alpha value is -3.77. The fourth-order valence-electron chi connectivity index (χ4n) is 5.45. The number of hydrogen-bond acceptors (Lipinski definition) is 5. The van der Waals surface area contributed by atoms with E-state index in [0.29, 0.717) is 43.7 Å². The van der Waals surface area contributed by atoms with Crippen molar-refractivity contribution in [3.05, 3.63) is 76.6 Å². The van der Waals surface area contributed by atoms with Crippen LogP contribution in [0.3, 0.4) is 0 Å². The Morgan fingerprint density at radius 3 is 2.58 bits per heavy atom. The highest BCUT2D eigenvalue weighted by atomic mass is 19.1. The summed E-state index contributed by atoms with van der Waals surface area (Å²) in [6.07, 6.45) is 3.45. The SMILES string of the molecule is Cc1cc(C)n(-c2ccc(OC[C@H]3CC[C@H](C(=O)N4OCC[C@H]4c4cc(F)cc(C#N)c4)CC3)c(F)c2)n1. The third-order valence-electron chi connectivity index (χ3n) is 7.40. The van der Waals surface area contributed by atoms with Crippen molar-refractivity contribution in [2.45, 2.75) is 52.0 Å². The van der Waals surface area contributed by atoms with Gasteiger partial charge in [0, 0.05) is 24.1 Å². The molecule has 9 heteroatoms. The number of ether oxygens (including phenoxy) is 1. The Kier molecular flexibility index (Phi) is 7.43. The number of aryl methyl sites for hydroxylation is 2. The van der Waals surface area contributed by atoms with E-state index in [2.05, 4.69) is 5.10 Å². The molecule has 5 rings (SSSR count). The number of carbonyl (C=O) groups excluding carboxylic acids is 1. The van der Waals surface area contributed by atoms with Gasteiger partial charge in [-0.25, -0.2) is 18.5 Å². The molecule has 2 aromatic carbocycles. The van der Waals surface area contributed by atoms with Crippen molar-refractivity contribution in [3.63, 3.8) is 0 Å². The second-order valence-corrected chi connectivity index (χ2v) is 10.2. The molecule has 1 saturated carbocycles. The minimum absolute atomic E-state index is 0.111. The molecule has 1 aliphatic carbocycles. The van der Waals surface area contributed by atoms with E-state index in [0.717, 1.165) is 24.2 Å². The normalized spacial score (nSPS) is 21.3. The van der Waals surface area contributed by atoms with E-state index >= 15 is 0 Å². The second kappa shape index (κ2) is 10.9. The summed E-state index contributed by atoms with van der Waals surface area (Å²) in [5.41, 5.74) is 3.23. The van der Waals surface area contributed by atoms with E-state index in [4.69, 9.17) is 9.57 Å². The lowest BCUT2D eigenvalue weighted by molar-refractivity contribution is -0.183. The molecule has 0 spiro atoms. The van der Waals surface area contributed by atoms with Crippen molar-refractivity contribution in [3.8, 4) is 17.5 Å². The zero-order chi connectivity index (χ0) is 26.8. The highest BCUT2D eigenvalue weighted by Gasteiger charge is 2.37. The Morgan fingerprint density at radius 2 is 1.89 bits per heavy atom. The van der Waals surface area contributed by atoms with Crippen molar-refractivity contribution in [2.75, 3.05) is 13.2 Å². The summed E-state index contributed by atoms with van der Waals surface area (Å²) < 4.78 is 36.3. The van der Waals surface area contributed by atoms with Crippen molar-refractivity contribution in [1.29, 1.82) is 5.26 Å². The quantitative estimate of drug-likeness (QED) is 0.415. The average molecular weight is 521 g/mol. The summed E-state index contributed by atoms with van der Waals surface area (Å²) in [5.74, 6) is -0.836. The monoisotopic (exact) mass is 520 g/mol. The summed E-state index contributed by atoms with van der Waals surface area (Å²) in [4.78, 5) is 18.9. The summed E-state index contributed by atoms with van der Waals surface area (Å²) in [6, 6.07) is 12.5. The lowest BCUT2D eigenvalue weighted by Crippen LogP contribution is -2.37. The highest BCUT2D eigenvalue weighted by Crippen LogP contribution is 2.37. The average Bonchev–Trinajstić information content (AvgIpc) is 3.53. The van der Waals surface area contributed by atoms with E-state index < -0.39 is 17.7 Å². The molecule has 2 fully saturated rings. The van der Waals surface area contributed by atoms with Gasteiger partial charge in [-0.3, -0.25) is 9.63 Å². The molecule has 2 aliphatic rings. The van der Waals surface area contributed by atoms with Gasteiger partial charge in [0.15, 0.2) is 11.6 Å². The molecule has 0 bridgehead atoms. The Labute approximate surface area is 220 Å². The first-order valence-electron chi connectivity index (χ1n) is 12.9. The molecule has 38 heavy (non-hydrogen) atoms. The molecule has 2 heterocycles. The fourth-order valence-corrected chi connectivity index (χ4v) is 5.45. The predicted molar refractivity (Wildman–Crippen MR) is 135 cm³/mol. The van der Waals surface area contributed by atoms with Crippen LogP contribution in [0.2, 0.25) is 0 Å². The zero-order valence-corrected chi connectivity index (χ0v) is 21.5. The van der Waals surface area contributed by atoms with Crippen LogP contribution in [0.5, 0.6) is 5.75 Å². The molecule has 0 unspecified atom stereocenters. The third kappa shape index (κ3) is 5.41. The number of aromatic nitrogens is 2. The molecule has 1 atom stereocenters. The molecule has 198 valence electrons. The van der Waals surface area contributed by atoms with Crippen LogP contribution < -0.4 is 4.74 Å². The van der Waals surface area contributed by atoms with Crippen LogP contribution in [0.4, 0.5) is 8.78 Å². The van der Waals surface area contributed by atoms with Gasteiger partial charge in [-0.2, -0.15) is 10.4 Å². The van der Waals surface area contributed by atoms with Gasteiger partial charge >= 0.3 is 0 Å². The number of benzene rings is 2. The number of carbonyl (C=O) groups is 1. The van der Waals surface area contributed by atoms with Gasteiger partial charge in [-0.1, -0.05) is 0 Å². The molecular weight excluding hydrogens is 490 g/mol. The summed E-state index contributed by atoms with van der Waals surface area (Å²) in [5, 5.41) is 14.9. The van der Waals surface area contributed by atoms with E-state index in [1.54, 1.807) is 22.9 Å². The third-order valence-corrected chi connectivity index (χ3v) is 7.40. The molecule has 0 N–H and O–H groups in total. The Balaban J connectivity index is 1.15. The second-order valence-electron chi connectivity index (χ2n) is 10.2. The molecule has 3 aromatic rings. The number of rotatable bonds is 6. The van der Waals surface area contributed by atoms with Crippen LogP contribution in [0, 0.1) is 48.6 Å². The fraction of sp³-hybridized carbons (Fsp3) is 0.414. The van der Waals surface area contributed by atoms with Crippen LogP contribution in [-0.4, -0.2) is 34.0 Å². The molecular formula is C29H30F2N4O3. The summed E-state index contributed by atoms with van der Waals surface area (Å²) >= 11 is 0. The molecule has 0 radical (unpaired) electrons. The minimum atomic E-state index is -0.503. The van der Waals surface area contributed by atoms with Gasteiger partial charge in [0.25, 0.3) is 0 Å². The van der Waals surface area contributed by atoms with Gasteiger partial charge in [-0.15, -0.1) is 0 Å². The van der Waals surface area contributed by atoms with E-state index in [1.807, 2.05) is 26.0 Å². The highest BCUT2D eigenvalue weighted by molar-refractivity contribution is 5.78. The maximum atomic E-state index is 14.7. The van der Waals surface area contributed by atoms with Crippen molar-refractivity contribution in [2.24, 2.45) is 11.8 Å². The van der Waals surface area contributed by atoms with Crippen molar-refractivity contribution in [1.82, 2.24) is 14.8 Å². The standard InChI is InChI=1S/C29H30F2N4O3/c1-18-11-19(2)34(33-18)25-7-8-28(26(31)15-25)37-17-20-3-5-22(6-4-20)29(36)35-27(9-10-38-35)23-12-21(16-32)13-24(30)14-23/h7-8,11-15,20,22,27H,3-6,9-10,17H2,1-2H3/t20-,22-,27-/m0/s1. The van der Waals surface area contributed by atoms with Crippen molar-refractivity contribution < 1.29 is 23.1 Å². The first-order valence-corrected chi connectivity index (χ1v) is 12.9. The van der Waals surface area contributed by atoms with E-state index in [-0.39, 0.29) is 29.1 Å². The largest absolute Gasteiger partial charge is 0.490 e. The Bertz CT molecular complexity index is 1370. The van der Waals surface area contributed by atoms with Crippen LogP contribution in [-0.2, 0) is 9.63 Å². The first-order chi connectivity index (χ1) is 18.3. The van der Waals surface area contributed by atoms with Crippen LogP contribution in [0.25, 0.3) is 5.69 Å². The van der Waals surface area contributed by atoms with E-state index in [9.17, 15) is 18.8 Å². The lowest BCUT2D eigenvalue weighted by Gasteiger charge is -2.32. The van der Waals surface area contributed by atoms with Crippen molar-refractivity contribution >= 4 is 5.91 Å². The number of hydrogen-bond donors (Lipinski definition) is 0. The number of hydroxylamine groups is 2. The van der Waals surface area contributed by atoms with Gasteiger partial charge in [0.2, 0.25) is 5.91 Å². The lowest BCUT2D eigenvalue weighted by atomic mass is 9.81. The van der Waals surface area contributed by atoms with Gasteiger partial charge in [0.05, 0.1) is 42.3 Å². The number of amides is 1. The van der Waals surface area contributed by atoms with Crippen LogP contribution in [0.1, 0.15) is 60.7 Å². The number of nitrogens with zero attached hydrogens (tertiary/aromatic N) is 4. The summed E-state index contributed by atoms with van der Waals surface area (Å²) in [6.45, 7) is 4.55. The van der Waals surface area contributed by atoms with E-state index in [1.165, 1.54) is 23.3 Å². The van der Waals surface area contributed by atoms with Crippen LogP contribution >= 0.6 is 0 Å². The smallest absolute Gasteiger partial charge is 0.249 e. The first kappa shape index (κ1) is 25.9. The van der Waals surface area contributed by atoms with Crippen LogP contribution in [0.15, 0.2) is 42.5 Å². The molecule has 7 nitrogen and oxygen atoms in total. The molecule has 1 aliphatic heterocycles. The maximum absolute atomic E-state index is 14.7. The van der Waals surface area contributed by atoms with Gasteiger partial charge in [0.1, 0.15) is 5.82 Å². The maximum Gasteiger partial charge on any atom is 0.249 e. The summed E-state index contributed by atoms with van der Waals surface area (Å²) in [7, 11) is 0. The Morgan fingerprint density at radius 1 is 1.11 bits per heavy atom. The molecule has 1 aromatic heterocycles. The number of halogens is 2.